The molecule has 0 fully saturated rings. The first-order valence-electron chi connectivity index (χ1n) is 8.00. The molecule has 1 amide bonds. The van der Waals surface area contributed by atoms with Crippen LogP contribution in [0.1, 0.15) is 32.6 Å². The molecule has 25 heavy (non-hydrogen) atoms. The number of carbonyl (C=O) groups is 1. The molecule has 0 bridgehead atoms. The lowest BCUT2D eigenvalue weighted by Crippen LogP contribution is -2.24. The minimum atomic E-state index is -3.49. The SMILES string of the molecule is Cc1cc(C)c(CNC(=O)c2ccc(S(=O)(=O)N(C)C)cc2)c(C)c1. The smallest absolute Gasteiger partial charge is 0.251 e. The molecule has 134 valence electrons. The Balaban J connectivity index is 2.12. The lowest BCUT2D eigenvalue weighted by Gasteiger charge is -2.13. The van der Waals surface area contributed by atoms with E-state index in [0.717, 1.165) is 21.0 Å². The van der Waals surface area contributed by atoms with Crippen molar-refractivity contribution in [3.8, 4) is 0 Å². The molecule has 0 aromatic heterocycles. The van der Waals surface area contributed by atoms with Crippen LogP contribution in [0.15, 0.2) is 41.3 Å². The van der Waals surface area contributed by atoms with E-state index in [9.17, 15) is 13.2 Å². The summed E-state index contributed by atoms with van der Waals surface area (Å²) in [5.74, 6) is -0.229. The van der Waals surface area contributed by atoms with E-state index in [1.54, 1.807) is 0 Å². The molecule has 0 saturated heterocycles. The summed E-state index contributed by atoms with van der Waals surface area (Å²) in [6.07, 6.45) is 0. The second kappa shape index (κ2) is 7.37. The minimum absolute atomic E-state index is 0.166. The first-order valence-corrected chi connectivity index (χ1v) is 9.44. The van der Waals surface area contributed by atoms with Crippen LogP contribution in [0, 0.1) is 20.8 Å². The maximum absolute atomic E-state index is 12.3. The van der Waals surface area contributed by atoms with Crippen LogP contribution < -0.4 is 5.32 Å². The van der Waals surface area contributed by atoms with E-state index in [-0.39, 0.29) is 10.8 Å². The van der Waals surface area contributed by atoms with Crippen molar-refractivity contribution in [3.05, 3.63) is 64.2 Å². The quantitative estimate of drug-likeness (QED) is 0.892. The Morgan fingerprint density at radius 3 is 2.00 bits per heavy atom. The topological polar surface area (TPSA) is 66.5 Å². The number of nitrogens with zero attached hydrogens (tertiary/aromatic N) is 1. The maximum Gasteiger partial charge on any atom is 0.251 e. The number of sulfonamides is 1. The monoisotopic (exact) mass is 360 g/mol. The average Bonchev–Trinajstić information content (AvgIpc) is 2.53. The number of hydrogen-bond donors (Lipinski definition) is 1. The van der Waals surface area contributed by atoms with Crippen LogP contribution in [0.4, 0.5) is 0 Å². The van der Waals surface area contributed by atoms with Gasteiger partial charge in [-0.3, -0.25) is 4.79 Å². The molecule has 0 spiro atoms. The molecule has 6 heteroatoms. The molecule has 5 nitrogen and oxygen atoms in total. The van der Waals surface area contributed by atoms with Gasteiger partial charge >= 0.3 is 0 Å². The van der Waals surface area contributed by atoms with Gasteiger partial charge in [-0.1, -0.05) is 17.7 Å². The predicted molar refractivity (Wildman–Crippen MR) is 99.1 cm³/mol. The first-order chi connectivity index (χ1) is 11.6. The fourth-order valence-corrected chi connectivity index (χ4v) is 3.65. The highest BCUT2D eigenvalue weighted by Crippen LogP contribution is 2.17. The Morgan fingerprint density at radius 1 is 1.00 bits per heavy atom. The molecule has 0 heterocycles. The van der Waals surface area contributed by atoms with Gasteiger partial charge in [0.2, 0.25) is 10.0 Å². The Labute approximate surface area is 149 Å². The number of carbonyl (C=O) groups excluding carboxylic acids is 1. The van der Waals surface area contributed by atoms with Crippen LogP contribution in [0.25, 0.3) is 0 Å². The van der Waals surface area contributed by atoms with Gasteiger partial charge in [0.05, 0.1) is 4.90 Å². The minimum Gasteiger partial charge on any atom is -0.348 e. The number of hydrogen-bond acceptors (Lipinski definition) is 3. The summed E-state index contributed by atoms with van der Waals surface area (Å²) in [6.45, 7) is 6.55. The van der Waals surface area contributed by atoms with Crippen molar-refractivity contribution < 1.29 is 13.2 Å². The number of nitrogens with one attached hydrogen (secondary N) is 1. The van der Waals surface area contributed by atoms with E-state index in [1.165, 1.54) is 43.9 Å². The summed E-state index contributed by atoms with van der Waals surface area (Å²) in [5.41, 5.74) is 5.02. The second-order valence-corrected chi connectivity index (χ2v) is 8.52. The lowest BCUT2D eigenvalue weighted by molar-refractivity contribution is 0.0950. The highest BCUT2D eigenvalue weighted by molar-refractivity contribution is 7.89. The molecule has 0 radical (unpaired) electrons. The Hall–Kier alpha value is -2.18. The van der Waals surface area contributed by atoms with Crippen LogP contribution in [0.3, 0.4) is 0 Å². The Morgan fingerprint density at radius 2 is 1.52 bits per heavy atom. The third-order valence-corrected chi connectivity index (χ3v) is 5.99. The highest BCUT2D eigenvalue weighted by atomic mass is 32.2. The van der Waals surface area contributed by atoms with Crippen molar-refractivity contribution in [2.24, 2.45) is 0 Å². The molecular weight excluding hydrogens is 336 g/mol. The van der Waals surface area contributed by atoms with Gasteiger partial charge in [0.1, 0.15) is 0 Å². The molecule has 2 aromatic carbocycles. The van der Waals surface area contributed by atoms with Crippen molar-refractivity contribution in [2.75, 3.05) is 14.1 Å². The molecule has 0 aliphatic rings. The normalized spacial score (nSPS) is 11.6. The summed E-state index contributed by atoms with van der Waals surface area (Å²) < 4.78 is 25.2. The summed E-state index contributed by atoms with van der Waals surface area (Å²) in [6, 6.07) is 10.1. The molecule has 2 rings (SSSR count). The van der Waals surface area contributed by atoms with Crippen molar-refractivity contribution in [1.82, 2.24) is 9.62 Å². The van der Waals surface area contributed by atoms with Gasteiger partial charge in [0.15, 0.2) is 0 Å². The average molecular weight is 360 g/mol. The zero-order valence-electron chi connectivity index (χ0n) is 15.3. The molecule has 1 N–H and O–H groups in total. The van der Waals surface area contributed by atoms with E-state index in [1.807, 2.05) is 20.8 Å². The standard InChI is InChI=1S/C19H24N2O3S/c1-13-10-14(2)18(15(3)11-13)12-20-19(22)16-6-8-17(9-7-16)25(23,24)21(4)5/h6-11H,12H2,1-5H3,(H,20,22). The lowest BCUT2D eigenvalue weighted by atomic mass is 10.00. The Kier molecular flexibility index (Phi) is 5.65. The van der Waals surface area contributed by atoms with E-state index in [2.05, 4.69) is 17.4 Å². The Bertz CT molecular complexity index is 862. The van der Waals surface area contributed by atoms with E-state index < -0.39 is 10.0 Å². The second-order valence-electron chi connectivity index (χ2n) is 6.37. The van der Waals surface area contributed by atoms with Crippen molar-refractivity contribution in [1.29, 1.82) is 0 Å². The third-order valence-electron chi connectivity index (χ3n) is 4.16. The fraction of sp³-hybridized carbons (Fsp3) is 0.316. The maximum atomic E-state index is 12.3. The molecule has 0 saturated carbocycles. The van der Waals surface area contributed by atoms with Crippen LogP contribution in [0.5, 0.6) is 0 Å². The van der Waals surface area contributed by atoms with Gasteiger partial charge in [0, 0.05) is 26.2 Å². The molecule has 0 unspecified atom stereocenters. The van der Waals surface area contributed by atoms with Gasteiger partial charge in [-0.05, 0) is 61.7 Å². The fourth-order valence-electron chi connectivity index (χ4n) is 2.75. The van der Waals surface area contributed by atoms with Crippen LogP contribution in [-0.4, -0.2) is 32.7 Å². The largest absolute Gasteiger partial charge is 0.348 e. The van der Waals surface area contributed by atoms with E-state index in [4.69, 9.17) is 0 Å². The van der Waals surface area contributed by atoms with Crippen molar-refractivity contribution in [3.63, 3.8) is 0 Å². The van der Waals surface area contributed by atoms with Crippen LogP contribution in [0.2, 0.25) is 0 Å². The van der Waals surface area contributed by atoms with Crippen LogP contribution in [-0.2, 0) is 16.6 Å². The third kappa shape index (κ3) is 4.27. The van der Waals surface area contributed by atoms with E-state index >= 15 is 0 Å². The zero-order valence-corrected chi connectivity index (χ0v) is 16.1. The highest BCUT2D eigenvalue weighted by Gasteiger charge is 2.17. The van der Waals surface area contributed by atoms with Gasteiger partial charge in [-0.2, -0.15) is 0 Å². The summed E-state index contributed by atoms with van der Waals surface area (Å²) in [5, 5.41) is 2.90. The first kappa shape index (κ1) is 19.1. The van der Waals surface area contributed by atoms with Crippen LogP contribution >= 0.6 is 0 Å². The summed E-state index contributed by atoms with van der Waals surface area (Å²) in [7, 11) is -0.540. The molecule has 0 atom stereocenters. The summed E-state index contributed by atoms with van der Waals surface area (Å²) in [4.78, 5) is 12.5. The van der Waals surface area contributed by atoms with Gasteiger partial charge in [-0.15, -0.1) is 0 Å². The zero-order chi connectivity index (χ0) is 18.8. The van der Waals surface area contributed by atoms with Gasteiger partial charge in [0.25, 0.3) is 5.91 Å². The number of amides is 1. The number of rotatable bonds is 5. The number of benzene rings is 2. The molecule has 0 aliphatic carbocycles. The number of aryl methyl sites for hydroxylation is 3. The summed E-state index contributed by atoms with van der Waals surface area (Å²) >= 11 is 0. The van der Waals surface area contributed by atoms with Crippen molar-refractivity contribution in [2.45, 2.75) is 32.2 Å². The van der Waals surface area contributed by atoms with Crippen molar-refractivity contribution >= 4 is 15.9 Å². The van der Waals surface area contributed by atoms with Gasteiger partial charge < -0.3 is 5.32 Å². The van der Waals surface area contributed by atoms with Gasteiger partial charge in [-0.25, -0.2) is 12.7 Å². The molecule has 2 aromatic rings. The van der Waals surface area contributed by atoms with E-state index in [0.29, 0.717) is 12.1 Å². The molecular formula is C19H24N2O3S. The molecule has 0 aliphatic heterocycles. The predicted octanol–water partition coefficient (Wildman–Crippen LogP) is 2.79.